The van der Waals surface area contributed by atoms with Crippen molar-refractivity contribution < 1.29 is 0 Å². The molecular weight excluding hydrogens is 282 g/mol. The van der Waals surface area contributed by atoms with E-state index in [4.69, 9.17) is 0 Å². The van der Waals surface area contributed by atoms with E-state index in [1.165, 1.54) is 16.0 Å². The van der Waals surface area contributed by atoms with Crippen molar-refractivity contribution in [1.29, 1.82) is 0 Å². The average molecular weight is 301 g/mol. The van der Waals surface area contributed by atoms with Gasteiger partial charge in [-0.25, -0.2) is 4.79 Å². The molecule has 0 fully saturated rings. The minimum absolute atomic E-state index is 0.162. The van der Waals surface area contributed by atoms with E-state index in [-0.39, 0.29) is 11.7 Å². The molecule has 0 radical (unpaired) electrons. The highest BCUT2D eigenvalue weighted by molar-refractivity contribution is 7.10. The van der Waals surface area contributed by atoms with Crippen LogP contribution in [0.5, 0.6) is 0 Å². The Hall–Kier alpha value is -1.85. The van der Waals surface area contributed by atoms with Gasteiger partial charge in [-0.2, -0.15) is 0 Å². The number of benzene rings is 1. The minimum atomic E-state index is -0.162. The molecular formula is C16H19N3OS. The van der Waals surface area contributed by atoms with Crippen LogP contribution in [0, 0.1) is 6.92 Å². The predicted octanol–water partition coefficient (Wildman–Crippen LogP) is 3.64. The van der Waals surface area contributed by atoms with E-state index in [1.54, 1.807) is 11.3 Å². The Labute approximate surface area is 127 Å². The number of aromatic amines is 2. The van der Waals surface area contributed by atoms with Crippen LogP contribution in [0.15, 0.2) is 34.4 Å². The number of thiophene rings is 1. The van der Waals surface area contributed by atoms with Crippen molar-refractivity contribution >= 4 is 22.4 Å². The first kappa shape index (κ1) is 14.1. The zero-order valence-electron chi connectivity index (χ0n) is 12.4. The van der Waals surface area contributed by atoms with E-state index in [0.29, 0.717) is 6.04 Å². The number of imidazole rings is 1. The molecule has 0 bridgehead atoms. The summed E-state index contributed by atoms with van der Waals surface area (Å²) < 4.78 is 0. The van der Waals surface area contributed by atoms with E-state index in [2.05, 4.69) is 53.6 Å². The number of aromatic nitrogens is 2. The van der Waals surface area contributed by atoms with Crippen LogP contribution in [0.3, 0.4) is 0 Å². The van der Waals surface area contributed by atoms with Crippen molar-refractivity contribution in [2.24, 2.45) is 0 Å². The first-order chi connectivity index (χ1) is 10.0. The van der Waals surface area contributed by atoms with Gasteiger partial charge < -0.3 is 15.3 Å². The molecule has 21 heavy (non-hydrogen) atoms. The lowest BCUT2D eigenvalue weighted by Crippen LogP contribution is -2.22. The van der Waals surface area contributed by atoms with Crippen molar-refractivity contribution in [2.45, 2.75) is 32.9 Å². The first-order valence-electron chi connectivity index (χ1n) is 7.06. The number of fused-ring (bicyclic) bond motifs is 1. The second kappa shape index (κ2) is 5.50. The fourth-order valence-corrected chi connectivity index (χ4v) is 3.64. The second-order valence-electron chi connectivity index (χ2n) is 5.46. The average Bonchev–Trinajstić information content (AvgIpc) is 3.02. The molecule has 2 aromatic heterocycles. The Morgan fingerprint density at radius 2 is 1.86 bits per heavy atom. The van der Waals surface area contributed by atoms with E-state index >= 15 is 0 Å². The van der Waals surface area contributed by atoms with Gasteiger partial charge in [0.05, 0.1) is 11.0 Å². The van der Waals surface area contributed by atoms with Gasteiger partial charge in [0.2, 0.25) is 0 Å². The van der Waals surface area contributed by atoms with Gasteiger partial charge >= 0.3 is 5.69 Å². The molecule has 0 saturated carbocycles. The number of aryl methyl sites for hydroxylation is 1. The van der Waals surface area contributed by atoms with Crippen LogP contribution in [-0.4, -0.2) is 9.97 Å². The Morgan fingerprint density at radius 3 is 2.57 bits per heavy atom. The van der Waals surface area contributed by atoms with Gasteiger partial charge in [0.1, 0.15) is 0 Å². The Bertz CT molecular complexity index is 814. The van der Waals surface area contributed by atoms with Gasteiger partial charge in [0.15, 0.2) is 0 Å². The van der Waals surface area contributed by atoms with E-state index in [9.17, 15) is 4.79 Å². The van der Waals surface area contributed by atoms with Gasteiger partial charge in [-0.05, 0) is 55.5 Å². The number of hydrogen-bond donors (Lipinski definition) is 3. The molecule has 0 aliphatic rings. The molecule has 2 unspecified atom stereocenters. The summed E-state index contributed by atoms with van der Waals surface area (Å²) in [6.45, 7) is 6.47. The monoisotopic (exact) mass is 301 g/mol. The summed E-state index contributed by atoms with van der Waals surface area (Å²) in [6.07, 6.45) is 0. The molecule has 0 spiro atoms. The summed E-state index contributed by atoms with van der Waals surface area (Å²) in [5.41, 5.74) is 4.03. The maximum Gasteiger partial charge on any atom is 0.323 e. The summed E-state index contributed by atoms with van der Waals surface area (Å²) >= 11 is 1.79. The third-order valence-corrected chi connectivity index (χ3v) is 5.04. The molecule has 3 N–H and O–H groups in total. The molecule has 3 rings (SSSR count). The zero-order chi connectivity index (χ0) is 15.0. The van der Waals surface area contributed by atoms with Crippen LogP contribution >= 0.6 is 11.3 Å². The van der Waals surface area contributed by atoms with Gasteiger partial charge in [0, 0.05) is 17.0 Å². The number of hydrogen-bond acceptors (Lipinski definition) is 3. The molecule has 1 aromatic carbocycles. The van der Waals surface area contributed by atoms with Crippen molar-refractivity contribution in [3.63, 3.8) is 0 Å². The summed E-state index contributed by atoms with van der Waals surface area (Å²) in [5.74, 6) is 0. The second-order valence-corrected chi connectivity index (χ2v) is 6.41. The van der Waals surface area contributed by atoms with Crippen LogP contribution < -0.4 is 11.0 Å². The molecule has 0 aliphatic carbocycles. The Kier molecular flexibility index (Phi) is 3.69. The van der Waals surface area contributed by atoms with Crippen molar-refractivity contribution in [1.82, 2.24) is 15.3 Å². The maximum absolute atomic E-state index is 11.3. The Morgan fingerprint density at radius 1 is 1.10 bits per heavy atom. The van der Waals surface area contributed by atoms with Crippen molar-refractivity contribution in [2.75, 3.05) is 0 Å². The fourth-order valence-electron chi connectivity index (χ4n) is 2.69. The summed E-state index contributed by atoms with van der Waals surface area (Å²) in [5, 5.41) is 5.75. The van der Waals surface area contributed by atoms with Gasteiger partial charge in [0.25, 0.3) is 0 Å². The highest BCUT2D eigenvalue weighted by Gasteiger charge is 2.14. The molecule has 2 heterocycles. The molecule has 4 nitrogen and oxygen atoms in total. The molecule has 5 heteroatoms. The number of rotatable bonds is 4. The number of H-pyrrole nitrogens is 2. The van der Waals surface area contributed by atoms with Crippen LogP contribution in [0.4, 0.5) is 0 Å². The summed E-state index contributed by atoms with van der Waals surface area (Å²) in [7, 11) is 0. The van der Waals surface area contributed by atoms with E-state index < -0.39 is 0 Å². The van der Waals surface area contributed by atoms with Crippen LogP contribution in [0.2, 0.25) is 0 Å². The van der Waals surface area contributed by atoms with Gasteiger partial charge in [-0.15, -0.1) is 11.3 Å². The maximum atomic E-state index is 11.3. The summed E-state index contributed by atoms with van der Waals surface area (Å²) in [4.78, 5) is 18.3. The highest BCUT2D eigenvalue weighted by Crippen LogP contribution is 2.26. The molecule has 110 valence electrons. The minimum Gasteiger partial charge on any atom is -0.306 e. The lowest BCUT2D eigenvalue weighted by atomic mass is 10.1. The van der Waals surface area contributed by atoms with Crippen LogP contribution in [0.25, 0.3) is 11.0 Å². The zero-order valence-corrected chi connectivity index (χ0v) is 13.2. The number of nitrogens with one attached hydrogen (secondary N) is 3. The smallest absolute Gasteiger partial charge is 0.306 e. The molecule has 2 atom stereocenters. The van der Waals surface area contributed by atoms with Gasteiger partial charge in [-0.3, -0.25) is 0 Å². The van der Waals surface area contributed by atoms with E-state index in [0.717, 1.165) is 11.0 Å². The lowest BCUT2D eigenvalue weighted by Gasteiger charge is -2.20. The van der Waals surface area contributed by atoms with Crippen LogP contribution in [-0.2, 0) is 0 Å². The molecule has 3 aromatic rings. The molecule has 0 aliphatic heterocycles. The largest absolute Gasteiger partial charge is 0.323 e. The third kappa shape index (κ3) is 2.80. The quantitative estimate of drug-likeness (QED) is 0.689. The molecule has 0 amide bonds. The topological polar surface area (TPSA) is 60.7 Å². The predicted molar refractivity (Wildman–Crippen MR) is 87.9 cm³/mol. The van der Waals surface area contributed by atoms with Crippen molar-refractivity contribution in [3.05, 3.63) is 56.1 Å². The Balaban J connectivity index is 1.81. The fraction of sp³-hybridized carbons (Fsp3) is 0.312. The lowest BCUT2D eigenvalue weighted by molar-refractivity contribution is 0.499. The highest BCUT2D eigenvalue weighted by atomic mass is 32.1. The standard InChI is InChI=1S/C16H19N3OS/c1-9-6-7-21-15(9)11(3)17-10(2)12-4-5-13-14(8-12)19-16(20)18-13/h4-8,10-11,17H,1-3H3,(H2,18,19,20). The summed E-state index contributed by atoms with van der Waals surface area (Å²) in [6, 6.07) is 8.70. The molecule has 0 saturated heterocycles. The van der Waals surface area contributed by atoms with Gasteiger partial charge in [-0.1, -0.05) is 6.07 Å². The normalized spacial score (nSPS) is 14.4. The first-order valence-corrected chi connectivity index (χ1v) is 7.94. The van der Waals surface area contributed by atoms with E-state index in [1.807, 2.05) is 12.1 Å². The van der Waals surface area contributed by atoms with Crippen molar-refractivity contribution in [3.8, 4) is 0 Å². The third-order valence-electron chi connectivity index (χ3n) is 3.84. The SMILES string of the molecule is Cc1ccsc1C(C)NC(C)c1ccc2[nH]c(=O)[nH]c2c1. The van der Waals surface area contributed by atoms with Crippen LogP contribution in [0.1, 0.15) is 41.9 Å².